The average molecular weight is 358 g/mol. The summed E-state index contributed by atoms with van der Waals surface area (Å²) in [4.78, 5) is 0. The highest BCUT2D eigenvalue weighted by molar-refractivity contribution is 6.31. The molecule has 25 heavy (non-hydrogen) atoms. The number of hydrogen-bond acceptors (Lipinski definition) is 2. The van der Waals surface area contributed by atoms with E-state index >= 15 is 0 Å². The van der Waals surface area contributed by atoms with Gasteiger partial charge in [0.25, 0.3) is 0 Å². The second kappa shape index (κ2) is 8.32. The van der Waals surface area contributed by atoms with Crippen molar-refractivity contribution in [3.8, 4) is 11.3 Å². The van der Waals surface area contributed by atoms with Gasteiger partial charge in [0.2, 0.25) is 0 Å². The fraction of sp³-hybridized carbons (Fsp3) is 0.238. The molecular weight excluding hydrogens is 337 g/mol. The maximum Gasteiger partial charge on any atom is 0.141 e. The Balaban J connectivity index is 1.52. The van der Waals surface area contributed by atoms with Gasteiger partial charge in [0.05, 0.1) is 11.6 Å². The minimum Gasteiger partial charge on any atom is -0.460 e. The number of rotatable bonds is 7. The second-order valence-corrected chi connectivity index (χ2v) is 6.61. The molecule has 0 saturated heterocycles. The third-order valence-electron chi connectivity index (χ3n) is 4.20. The number of halogens is 2. The Morgan fingerprint density at radius 3 is 2.64 bits per heavy atom. The van der Waals surface area contributed by atoms with Crippen molar-refractivity contribution in [1.82, 2.24) is 5.32 Å². The number of hydrogen-bond donors (Lipinski definition) is 1. The van der Waals surface area contributed by atoms with Crippen molar-refractivity contribution >= 4 is 11.6 Å². The topological polar surface area (TPSA) is 25.2 Å². The summed E-state index contributed by atoms with van der Waals surface area (Å²) in [6, 6.07) is 19.3. The number of nitrogens with one attached hydrogen (secondary N) is 1. The first-order valence-corrected chi connectivity index (χ1v) is 8.81. The van der Waals surface area contributed by atoms with Crippen LogP contribution in [0.15, 0.2) is 65.1 Å². The first-order valence-electron chi connectivity index (χ1n) is 8.43. The molecule has 0 fully saturated rings. The molecule has 3 aromatic rings. The first-order chi connectivity index (χ1) is 12.1. The third-order valence-corrected chi connectivity index (χ3v) is 4.49. The van der Waals surface area contributed by atoms with Crippen molar-refractivity contribution in [3.63, 3.8) is 0 Å². The highest BCUT2D eigenvalue weighted by atomic mass is 35.5. The van der Waals surface area contributed by atoms with E-state index in [4.69, 9.17) is 16.0 Å². The van der Waals surface area contributed by atoms with Crippen molar-refractivity contribution in [2.24, 2.45) is 0 Å². The minimum absolute atomic E-state index is 0.100. The number of furan rings is 1. The summed E-state index contributed by atoms with van der Waals surface area (Å²) in [6.45, 7) is 2.83. The van der Waals surface area contributed by atoms with Crippen LogP contribution in [0.2, 0.25) is 5.02 Å². The molecule has 2 nitrogen and oxygen atoms in total. The summed E-state index contributed by atoms with van der Waals surface area (Å²) in [6.07, 6.45) is 2.11. The lowest BCUT2D eigenvalue weighted by molar-refractivity contribution is 0.449. The molecule has 0 amide bonds. The van der Waals surface area contributed by atoms with E-state index in [1.165, 1.54) is 11.6 Å². The molecule has 1 aromatic heterocycles. The Bertz CT molecular complexity index is 816. The molecule has 0 spiro atoms. The van der Waals surface area contributed by atoms with Crippen LogP contribution in [-0.4, -0.2) is 6.04 Å². The number of benzene rings is 2. The van der Waals surface area contributed by atoms with Gasteiger partial charge in [-0.05, 0) is 55.7 Å². The van der Waals surface area contributed by atoms with Crippen LogP contribution >= 0.6 is 11.6 Å². The fourth-order valence-corrected chi connectivity index (χ4v) is 2.86. The molecule has 1 unspecified atom stereocenters. The fourth-order valence-electron chi connectivity index (χ4n) is 2.68. The lowest BCUT2D eigenvalue weighted by Crippen LogP contribution is -2.25. The van der Waals surface area contributed by atoms with Crippen LogP contribution in [0.25, 0.3) is 11.3 Å². The van der Waals surface area contributed by atoms with Gasteiger partial charge in [-0.2, -0.15) is 0 Å². The third kappa shape index (κ3) is 4.94. The summed E-state index contributed by atoms with van der Waals surface area (Å²) >= 11 is 5.83. The van der Waals surface area contributed by atoms with E-state index in [-0.39, 0.29) is 5.02 Å². The minimum atomic E-state index is -0.425. The maximum atomic E-state index is 13.3. The molecule has 0 aliphatic heterocycles. The SMILES string of the molecule is CC(CCc1ccccc1)NCc1ccc(-c2ccc(F)c(Cl)c2)o1. The Morgan fingerprint density at radius 1 is 1.08 bits per heavy atom. The number of aryl methyl sites for hydroxylation is 1. The van der Waals surface area contributed by atoms with Crippen LogP contribution in [0.3, 0.4) is 0 Å². The second-order valence-electron chi connectivity index (χ2n) is 6.20. The van der Waals surface area contributed by atoms with Crippen LogP contribution < -0.4 is 5.32 Å². The Hall–Kier alpha value is -2.10. The summed E-state index contributed by atoms with van der Waals surface area (Å²) in [5.41, 5.74) is 2.12. The van der Waals surface area contributed by atoms with E-state index in [1.807, 2.05) is 18.2 Å². The first kappa shape index (κ1) is 17.7. The molecule has 1 N–H and O–H groups in total. The van der Waals surface area contributed by atoms with Crippen LogP contribution in [-0.2, 0) is 13.0 Å². The van der Waals surface area contributed by atoms with Gasteiger partial charge in [0.1, 0.15) is 17.3 Å². The van der Waals surface area contributed by atoms with E-state index in [1.54, 1.807) is 12.1 Å². The van der Waals surface area contributed by atoms with Gasteiger partial charge >= 0.3 is 0 Å². The van der Waals surface area contributed by atoms with E-state index in [9.17, 15) is 4.39 Å². The standard InChI is InChI=1S/C21H21ClFNO/c1-15(7-8-16-5-3-2-4-6-16)24-14-18-10-12-21(25-18)17-9-11-20(23)19(22)13-17/h2-6,9-13,15,24H,7-8,14H2,1H3. The molecule has 130 valence electrons. The summed E-state index contributed by atoms with van der Waals surface area (Å²) < 4.78 is 19.1. The predicted octanol–water partition coefficient (Wildman–Crippen LogP) is 5.85. The molecule has 1 heterocycles. The molecule has 4 heteroatoms. The Morgan fingerprint density at radius 2 is 1.88 bits per heavy atom. The molecule has 0 aliphatic carbocycles. The molecular formula is C21H21ClFNO. The van der Waals surface area contributed by atoms with E-state index in [0.717, 1.165) is 24.2 Å². The summed E-state index contributed by atoms with van der Waals surface area (Å²) in [5, 5.41) is 3.57. The van der Waals surface area contributed by atoms with Gasteiger partial charge in [-0.15, -0.1) is 0 Å². The van der Waals surface area contributed by atoms with Crippen molar-refractivity contribution < 1.29 is 8.81 Å². The van der Waals surface area contributed by atoms with E-state index in [2.05, 4.69) is 36.5 Å². The monoisotopic (exact) mass is 357 g/mol. The van der Waals surface area contributed by atoms with Gasteiger partial charge in [-0.3, -0.25) is 0 Å². The zero-order valence-electron chi connectivity index (χ0n) is 14.1. The highest BCUT2D eigenvalue weighted by Gasteiger charge is 2.09. The average Bonchev–Trinajstić information content (AvgIpc) is 3.10. The van der Waals surface area contributed by atoms with Gasteiger partial charge < -0.3 is 9.73 Å². The normalized spacial score (nSPS) is 12.3. The predicted molar refractivity (Wildman–Crippen MR) is 100 cm³/mol. The van der Waals surface area contributed by atoms with Crippen molar-refractivity contribution in [2.45, 2.75) is 32.4 Å². The van der Waals surface area contributed by atoms with Crippen LogP contribution in [0.5, 0.6) is 0 Å². The Labute approximate surface area is 152 Å². The maximum absolute atomic E-state index is 13.3. The summed E-state index contributed by atoms with van der Waals surface area (Å²) in [7, 11) is 0. The lowest BCUT2D eigenvalue weighted by atomic mass is 10.1. The van der Waals surface area contributed by atoms with Gasteiger partial charge in [0, 0.05) is 11.6 Å². The van der Waals surface area contributed by atoms with Crippen LogP contribution in [0.4, 0.5) is 4.39 Å². The van der Waals surface area contributed by atoms with Crippen LogP contribution in [0.1, 0.15) is 24.7 Å². The molecule has 0 bridgehead atoms. The molecule has 2 aromatic carbocycles. The molecule has 0 aliphatic rings. The highest BCUT2D eigenvalue weighted by Crippen LogP contribution is 2.26. The largest absolute Gasteiger partial charge is 0.460 e. The zero-order chi connectivity index (χ0) is 17.6. The molecule has 3 rings (SSSR count). The van der Waals surface area contributed by atoms with Crippen molar-refractivity contribution in [2.75, 3.05) is 0 Å². The molecule has 0 radical (unpaired) electrons. The van der Waals surface area contributed by atoms with Crippen molar-refractivity contribution in [1.29, 1.82) is 0 Å². The van der Waals surface area contributed by atoms with Gasteiger partial charge in [-0.1, -0.05) is 41.9 Å². The quantitative estimate of drug-likeness (QED) is 0.573. The zero-order valence-corrected chi connectivity index (χ0v) is 14.9. The summed E-state index contributed by atoms with van der Waals surface area (Å²) in [5.74, 6) is 1.11. The smallest absolute Gasteiger partial charge is 0.141 e. The van der Waals surface area contributed by atoms with Crippen molar-refractivity contribution in [3.05, 3.63) is 82.8 Å². The Kier molecular flexibility index (Phi) is 5.90. The molecule has 1 atom stereocenters. The molecule has 0 saturated carbocycles. The van der Waals surface area contributed by atoms with Gasteiger partial charge in [0.15, 0.2) is 0 Å². The van der Waals surface area contributed by atoms with Crippen LogP contribution in [0, 0.1) is 5.82 Å². The lowest BCUT2D eigenvalue weighted by Gasteiger charge is -2.12. The van der Waals surface area contributed by atoms with E-state index in [0.29, 0.717) is 18.3 Å². The van der Waals surface area contributed by atoms with Gasteiger partial charge in [-0.25, -0.2) is 4.39 Å². The van der Waals surface area contributed by atoms with E-state index < -0.39 is 5.82 Å².